The molecule has 28 heavy (non-hydrogen) atoms. The monoisotopic (exact) mass is 419 g/mol. The number of benzene rings is 2. The van der Waals surface area contributed by atoms with Gasteiger partial charge in [-0.1, -0.05) is 23.7 Å². The molecule has 1 heterocycles. The number of nitrogens with one attached hydrogen (secondary N) is 1. The Labute approximate surface area is 173 Å². The van der Waals surface area contributed by atoms with E-state index in [1.165, 1.54) is 11.8 Å². The second kappa shape index (κ2) is 8.88. The van der Waals surface area contributed by atoms with Crippen molar-refractivity contribution >= 4 is 40.9 Å². The van der Waals surface area contributed by atoms with E-state index in [2.05, 4.69) is 5.32 Å². The molecule has 1 aliphatic heterocycles. The number of hydrogen-bond donors (Lipinski definition) is 1. The lowest BCUT2D eigenvalue weighted by atomic mass is 10.0. The number of methoxy groups -OCH3 is 1. The van der Waals surface area contributed by atoms with Crippen LogP contribution in [0.25, 0.3) is 0 Å². The maximum absolute atomic E-state index is 12.8. The van der Waals surface area contributed by atoms with Gasteiger partial charge in [-0.3, -0.25) is 9.59 Å². The summed E-state index contributed by atoms with van der Waals surface area (Å²) >= 11 is 7.65. The number of thioether (sulfide) groups is 1. The molecule has 1 N–H and O–H groups in total. The van der Waals surface area contributed by atoms with Crippen LogP contribution >= 0.6 is 23.4 Å². The number of fused-ring (bicyclic) bond motifs is 1. The second-order valence-electron chi connectivity index (χ2n) is 6.74. The third-order valence-electron chi connectivity index (χ3n) is 4.26. The zero-order valence-electron chi connectivity index (χ0n) is 15.9. The van der Waals surface area contributed by atoms with Crippen LogP contribution in [0.2, 0.25) is 5.02 Å². The van der Waals surface area contributed by atoms with Crippen molar-refractivity contribution in [3.8, 4) is 5.75 Å². The van der Waals surface area contributed by atoms with E-state index in [-0.39, 0.29) is 23.7 Å². The second-order valence-corrected chi connectivity index (χ2v) is 8.49. The molecule has 2 aromatic rings. The normalized spacial score (nSPS) is 18.8. The molecule has 0 aromatic heterocycles. The Hall–Kier alpha value is -2.18. The minimum Gasteiger partial charge on any atom is -0.497 e. The predicted molar refractivity (Wildman–Crippen MR) is 112 cm³/mol. The van der Waals surface area contributed by atoms with Crippen LogP contribution in [0.5, 0.6) is 5.75 Å². The minimum atomic E-state index is -0.589. The zero-order chi connectivity index (χ0) is 20.3. The van der Waals surface area contributed by atoms with Crippen LogP contribution < -0.4 is 10.1 Å². The average molecular weight is 420 g/mol. The summed E-state index contributed by atoms with van der Waals surface area (Å²) in [5.41, 5.74) is 2.54. The fourth-order valence-electron chi connectivity index (χ4n) is 3.04. The zero-order valence-corrected chi connectivity index (χ0v) is 17.5. The van der Waals surface area contributed by atoms with E-state index in [0.717, 1.165) is 16.9 Å². The lowest BCUT2D eigenvalue weighted by Crippen LogP contribution is -2.28. The van der Waals surface area contributed by atoms with Gasteiger partial charge in [0.05, 0.1) is 30.1 Å². The van der Waals surface area contributed by atoms with Crippen molar-refractivity contribution in [2.45, 2.75) is 36.9 Å². The first-order valence-corrected chi connectivity index (χ1v) is 10.3. The van der Waals surface area contributed by atoms with E-state index < -0.39 is 11.2 Å². The largest absolute Gasteiger partial charge is 0.497 e. The van der Waals surface area contributed by atoms with Crippen molar-refractivity contribution in [1.29, 1.82) is 0 Å². The van der Waals surface area contributed by atoms with E-state index in [1.54, 1.807) is 33.1 Å². The van der Waals surface area contributed by atoms with Crippen LogP contribution in [-0.2, 0) is 14.3 Å². The number of amides is 1. The molecule has 2 aromatic carbocycles. The van der Waals surface area contributed by atoms with Gasteiger partial charge in [-0.15, -0.1) is 11.8 Å². The van der Waals surface area contributed by atoms with Gasteiger partial charge in [-0.05, 0) is 55.3 Å². The third kappa shape index (κ3) is 4.80. The molecule has 3 rings (SSSR count). The number of esters is 1. The summed E-state index contributed by atoms with van der Waals surface area (Å²) in [6, 6.07) is 13.1. The van der Waals surface area contributed by atoms with Gasteiger partial charge in [0.1, 0.15) is 5.75 Å². The smallest absolute Gasteiger partial charge is 0.307 e. The highest BCUT2D eigenvalue weighted by molar-refractivity contribution is 8.01. The molecule has 0 bridgehead atoms. The van der Waals surface area contributed by atoms with Gasteiger partial charge in [0.15, 0.2) is 0 Å². The van der Waals surface area contributed by atoms with Gasteiger partial charge in [-0.2, -0.15) is 0 Å². The van der Waals surface area contributed by atoms with Gasteiger partial charge in [0, 0.05) is 10.7 Å². The summed E-state index contributed by atoms with van der Waals surface area (Å²) in [4.78, 5) is 25.0. The van der Waals surface area contributed by atoms with Crippen LogP contribution in [-0.4, -0.2) is 30.3 Å². The molecule has 0 unspecified atom stereocenters. The van der Waals surface area contributed by atoms with E-state index in [9.17, 15) is 9.59 Å². The first-order chi connectivity index (χ1) is 13.4. The number of halogens is 1. The maximum Gasteiger partial charge on any atom is 0.307 e. The number of anilines is 1. The van der Waals surface area contributed by atoms with Crippen molar-refractivity contribution in [2.75, 3.05) is 12.4 Å². The Morgan fingerprint density at radius 1 is 1.25 bits per heavy atom. The Bertz CT molecular complexity index is 886. The Balaban J connectivity index is 1.99. The molecule has 0 spiro atoms. The summed E-state index contributed by atoms with van der Waals surface area (Å²) < 4.78 is 10.6. The molecule has 0 fully saturated rings. The molecule has 148 valence electrons. The van der Waals surface area contributed by atoms with Crippen LogP contribution in [0, 0.1) is 0 Å². The molecule has 5 nitrogen and oxygen atoms in total. The minimum absolute atomic E-state index is 0.00311. The van der Waals surface area contributed by atoms with Gasteiger partial charge in [-0.25, -0.2) is 0 Å². The molecule has 0 aliphatic carbocycles. The Kier molecular flexibility index (Phi) is 6.52. The van der Waals surface area contributed by atoms with Crippen LogP contribution in [0.1, 0.15) is 36.6 Å². The molecule has 0 saturated heterocycles. The fourth-order valence-corrected chi connectivity index (χ4v) is 4.61. The van der Waals surface area contributed by atoms with E-state index in [1.807, 2.05) is 30.3 Å². The number of carbonyl (C=O) groups is 2. The van der Waals surface area contributed by atoms with Crippen molar-refractivity contribution in [1.82, 2.24) is 0 Å². The fraction of sp³-hybridized carbons (Fsp3) is 0.333. The van der Waals surface area contributed by atoms with Gasteiger partial charge >= 0.3 is 5.97 Å². The lowest BCUT2D eigenvalue weighted by molar-refractivity contribution is -0.148. The van der Waals surface area contributed by atoms with Crippen LogP contribution in [0.4, 0.5) is 5.69 Å². The molecule has 0 saturated carbocycles. The third-order valence-corrected chi connectivity index (χ3v) is 6.01. The van der Waals surface area contributed by atoms with Crippen molar-refractivity contribution in [2.24, 2.45) is 0 Å². The molecular formula is C21H22ClNO4S. The highest BCUT2D eigenvalue weighted by atomic mass is 35.5. The molecule has 0 radical (unpaired) electrons. The van der Waals surface area contributed by atoms with Crippen LogP contribution in [0.15, 0.2) is 42.5 Å². The SMILES string of the molecule is COc1cccc([C@H]2S[C@H](CC(=O)OC(C)C)C(=O)Nc3ccc(Cl)cc32)c1. The van der Waals surface area contributed by atoms with Crippen LogP contribution in [0.3, 0.4) is 0 Å². The Morgan fingerprint density at radius 3 is 2.75 bits per heavy atom. The summed E-state index contributed by atoms with van der Waals surface area (Å²) in [5.74, 6) is 0.108. The first-order valence-electron chi connectivity index (χ1n) is 8.96. The number of hydrogen-bond acceptors (Lipinski definition) is 5. The summed E-state index contributed by atoms with van der Waals surface area (Å²) in [6.07, 6.45) is -0.229. The predicted octanol–water partition coefficient (Wildman–Crippen LogP) is 4.83. The molecular weight excluding hydrogens is 398 g/mol. The molecule has 1 aliphatic rings. The van der Waals surface area contributed by atoms with Crippen molar-refractivity contribution < 1.29 is 19.1 Å². The topological polar surface area (TPSA) is 64.6 Å². The highest BCUT2D eigenvalue weighted by Gasteiger charge is 2.33. The van der Waals surface area contributed by atoms with Gasteiger partial charge in [0.25, 0.3) is 0 Å². The average Bonchev–Trinajstić information content (AvgIpc) is 2.78. The number of carbonyl (C=O) groups excluding carboxylic acids is 2. The molecule has 1 amide bonds. The van der Waals surface area contributed by atoms with Crippen molar-refractivity contribution in [3.05, 3.63) is 58.6 Å². The summed E-state index contributed by atoms with van der Waals surface area (Å²) in [5, 5.41) is 2.73. The maximum atomic E-state index is 12.8. The van der Waals surface area contributed by atoms with Crippen molar-refractivity contribution in [3.63, 3.8) is 0 Å². The number of rotatable bonds is 5. The van der Waals surface area contributed by atoms with E-state index >= 15 is 0 Å². The van der Waals surface area contributed by atoms with Gasteiger partial charge in [0.2, 0.25) is 5.91 Å². The highest BCUT2D eigenvalue weighted by Crippen LogP contribution is 2.46. The standard InChI is InChI=1S/C21H22ClNO4S/c1-12(2)27-19(24)11-18-21(25)23-17-8-7-14(22)10-16(17)20(28-18)13-5-4-6-15(9-13)26-3/h4-10,12,18,20H,11H2,1-3H3,(H,23,25)/t18-,20-/m1/s1. The Morgan fingerprint density at radius 2 is 2.04 bits per heavy atom. The number of ether oxygens (including phenoxy) is 2. The van der Waals surface area contributed by atoms with E-state index in [4.69, 9.17) is 21.1 Å². The summed E-state index contributed by atoms with van der Waals surface area (Å²) in [7, 11) is 1.61. The quantitative estimate of drug-likeness (QED) is 0.703. The van der Waals surface area contributed by atoms with Gasteiger partial charge < -0.3 is 14.8 Å². The lowest BCUT2D eigenvalue weighted by Gasteiger charge is -2.21. The van der Waals surface area contributed by atoms with E-state index in [0.29, 0.717) is 10.7 Å². The molecule has 7 heteroatoms. The molecule has 2 atom stereocenters. The summed E-state index contributed by atoms with van der Waals surface area (Å²) in [6.45, 7) is 3.57. The first kappa shape index (κ1) is 20.6.